The van der Waals surface area contributed by atoms with Crippen molar-refractivity contribution in [3.8, 4) is 0 Å². The fraction of sp³-hybridized carbons (Fsp3) is 0.600. The van der Waals surface area contributed by atoms with Crippen molar-refractivity contribution in [1.29, 1.82) is 0 Å². The van der Waals surface area contributed by atoms with Gasteiger partial charge < -0.3 is 10.6 Å². The molecule has 1 fully saturated rings. The van der Waals surface area contributed by atoms with E-state index in [0.29, 0.717) is 0 Å². The topological polar surface area (TPSA) is 29.3 Å². The minimum Gasteiger partial charge on any atom is -0.399 e. The highest BCUT2D eigenvalue weighted by atomic mass is 15.2. The van der Waals surface area contributed by atoms with Gasteiger partial charge in [-0.05, 0) is 56.3 Å². The third-order valence-corrected chi connectivity index (χ3v) is 3.91. The highest BCUT2D eigenvalue weighted by molar-refractivity contribution is 5.40. The van der Waals surface area contributed by atoms with E-state index in [4.69, 9.17) is 5.73 Å². The van der Waals surface area contributed by atoms with Gasteiger partial charge in [-0.2, -0.15) is 0 Å². The summed E-state index contributed by atoms with van der Waals surface area (Å²) in [5, 5.41) is 0. The van der Waals surface area contributed by atoms with Gasteiger partial charge in [0.05, 0.1) is 0 Å². The Morgan fingerprint density at radius 1 is 1.35 bits per heavy atom. The van der Waals surface area contributed by atoms with Crippen molar-refractivity contribution in [3.63, 3.8) is 0 Å². The number of nitrogens with two attached hydrogens (primary N) is 1. The van der Waals surface area contributed by atoms with E-state index in [1.807, 2.05) is 12.1 Å². The predicted molar refractivity (Wildman–Crippen MR) is 74.0 cm³/mol. The van der Waals surface area contributed by atoms with E-state index in [1.165, 1.54) is 24.9 Å². The second-order valence-corrected chi connectivity index (χ2v) is 5.51. The van der Waals surface area contributed by atoms with Gasteiger partial charge in [0.2, 0.25) is 0 Å². The van der Waals surface area contributed by atoms with E-state index < -0.39 is 0 Å². The van der Waals surface area contributed by atoms with Gasteiger partial charge in [-0.3, -0.25) is 0 Å². The molecule has 2 atom stereocenters. The Hall–Kier alpha value is -1.02. The summed E-state index contributed by atoms with van der Waals surface area (Å²) in [4.78, 5) is 2.61. The van der Waals surface area contributed by atoms with Gasteiger partial charge in [0, 0.05) is 18.3 Å². The number of piperidine rings is 1. The molecule has 1 aliphatic rings. The second-order valence-electron chi connectivity index (χ2n) is 5.51. The minimum absolute atomic E-state index is 0.736. The van der Waals surface area contributed by atoms with E-state index in [2.05, 4.69) is 30.9 Å². The van der Waals surface area contributed by atoms with Crippen molar-refractivity contribution in [2.75, 3.05) is 18.8 Å². The van der Waals surface area contributed by atoms with Crippen LogP contribution >= 0.6 is 0 Å². The number of nitrogen functional groups attached to an aromatic ring is 1. The highest BCUT2D eigenvalue weighted by Gasteiger charge is 2.22. The van der Waals surface area contributed by atoms with Crippen molar-refractivity contribution in [3.05, 3.63) is 29.8 Å². The lowest BCUT2D eigenvalue weighted by atomic mass is 9.93. The molecule has 0 spiro atoms. The fourth-order valence-corrected chi connectivity index (χ4v) is 2.81. The van der Waals surface area contributed by atoms with Crippen molar-refractivity contribution in [1.82, 2.24) is 4.90 Å². The van der Waals surface area contributed by atoms with E-state index in [9.17, 15) is 0 Å². The standard InChI is InChI=1S/C15H24N2/c1-12-6-8-17(13(2)10-12)9-7-14-4-3-5-15(16)11-14/h3-5,11-13H,6-10,16H2,1-2H3. The number of rotatable bonds is 3. The van der Waals surface area contributed by atoms with Gasteiger partial charge in [-0.25, -0.2) is 0 Å². The zero-order valence-corrected chi connectivity index (χ0v) is 11.0. The molecular weight excluding hydrogens is 208 g/mol. The molecule has 0 radical (unpaired) electrons. The molecule has 1 aliphatic heterocycles. The van der Waals surface area contributed by atoms with Gasteiger partial charge >= 0.3 is 0 Å². The number of hydrogen-bond acceptors (Lipinski definition) is 2. The van der Waals surface area contributed by atoms with E-state index >= 15 is 0 Å². The lowest BCUT2D eigenvalue weighted by Crippen LogP contribution is -2.41. The van der Waals surface area contributed by atoms with Crippen LogP contribution in [0, 0.1) is 5.92 Å². The second kappa shape index (κ2) is 5.54. The fourth-order valence-electron chi connectivity index (χ4n) is 2.81. The lowest BCUT2D eigenvalue weighted by Gasteiger charge is -2.36. The molecular formula is C15H24N2. The van der Waals surface area contributed by atoms with E-state index in [1.54, 1.807) is 0 Å². The van der Waals surface area contributed by atoms with E-state index in [-0.39, 0.29) is 0 Å². The Morgan fingerprint density at radius 3 is 2.88 bits per heavy atom. The third-order valence-electron chi connectivity index (χ3n) is 3.91. The Labute approximate surface area is 105 Å². The Kier molecular flexibility index (Phi) is 4.06. The van der Waals surface area contributed by atoms with Gasteiger partial charge in [0.15, 0.2) is 0 Å². The average Bonchev–Trinajstić information content (AvgIpc) is 2.28. The SMILES string of the molecule is CC1CCN(CCc2cccc(N)c2)C(C)C1. The van der Waals surface area contributed by atoms with Gasteiger partial charge in [0.1, 0.15) is 0 Å². The summed E-state index contributed by atoms with van der Waals surface area (Å²) < 4.78 is 0. The van der Waals surface area contributed by atoms with Crippen molar-refractivity contribution >= 4 is 5.69 Å². The van der Waals surface area contributed by atoms with Crippen molar-refractivity contribution in [2.45, 2.75) is 39.2 Å². The quantitative estimate of drug-likeness (QED) is 0.812. The monoisotopic (exact) mass is 232 g/mol. The van der Waals surface area contributed by atoms with Crippen LogP contribution in [0.4, 0.5) is 5.69 Å². The first kappa shape index (κ1) is 12.4. The van der Waals surface area contributed by atoms with Crippen LogP contribution in [-0.4, -0.2) is 24.0 Å². The number of hydrogen-bond donors (Lipinski definition) is 1. The predicted octanol–water partition coefficient (Wildman–Crippen LogP) is 2.93. The third kappa shape index (κ3) is 3.47. The number of nitrogens with zero attached hydrogens (tertiary/aromatic N) is 1. The molecule has 2 N–H and O–H groups in total. The summed E-state index contributed by atoms with van der Waals surface area (Å²) in [6.07, 6.45) is 3.81. The normalized spacial score (nSPS) is 26.0. The van der Waals surface area contributed by atoms with Crippen LogP contribution in [0.25, 0.3) is 0 Å². The molecule has 2 nitrogen and oxygen atoms in total. The molecule has 1 saturated heterocycles. The van der Waals surface area contributed by atoms with Crippen LogP contribution in [0.15, 0.2) is 24.3 Å². The Balaban J connectivity index is 1.86. The molecule has 0 aromatic heterocycles. The first-order valence-electron chi connectivity index (χ1n) is 6.73. The molecule has 0 amide bonds. The zero-order valence-electron chi connectivity index (χ0n) is 11.0. The smallest absolute Gasteiger partial charge is 0.0316 e. The molecule has 2 unspecified atom stereocenters. The number of anilines is 1. The maximum Gasteiger partial charge on any atom is 0.0316 e. The Bertz CT molecular complexity index is 362. The van der Waals surface area contributed by atoms with Crippen LogP contribution in [0.5, 0.6) is 0 Å². The maximum atomic E-state index is 5.80. The molecule has 1 heterocycles. The lowest BCUT2D eigenvalue weighted by molar-refractivity contribution is 0.131. The van der Waals surface area contributed by atoms with Crippen LogP contribution in [-0.2, 0) is 6.42 Å². The molecule has 0 bridgehead atoms. The molecule has 1 aromatic rings. The molecule has 17 heavy (non-hydrogen) atoms. The largest absolute Gasteiger partial charge is 0.399 e. The maximum absolute atomic E-state index is 5.80. The van der Waals surface area contributed by atoms with Gasteiger partial charge in [-0.15, -0.1) is 0 Å². The first-order chi connectivity index (χ1) is 8.15. The molecule has 0 saturated carbocycles. The zero-order chi connectivity index (χ0) is 12.3. The summed E-state index contributed by atoms with van der Waals surface area (Å²) >= 11 is 0. The van der Waals surface area contributed by atoms with Crippen LogP contribution < -0.4 is 5.73 Å². The summed E-state index contributed by atoms with van der Waals surface area (Å²) in [5.41, 5.74) is 8.03. The van der Waals surface area contributed by atoms with Gasteiger partial charge in [0.25, 0.3) is 0 Å². The minimum atomic E-state index is 0.736. The molecule has 2 rings (SSSR count). The summed E-state index contributed by atoms with van der Waals surface area (Å²) in [7, 11) is 0. The van der Waals surface area contributed by atoms with Crippen LogP contribution in [0.2, 0.25) is 0 Å². The number of benzene rings is 1. The number of likely N-dealkylation sites (tertiary alicyclic amines) is 1. The molecule has 94 valence electrons. The molecule has 1 aromatic carbocycles. The summed E-state index contributed by atoms with van der Waals surface area (Å²) in [6.45, 7) is 7.14. The Morgan fingerprint density at radius 2 is 2.18 bits per heavy atom. The van der Waals surface area contributed by atoms with Crippen molar-refractivity contribution < 1.29 is 0 Å². The van der Waals surface area contributed by atoms with Gasteiger partial charge in [-0.1, -0.05) is 19.1 Å². The molecule has 0 aliphatic carbocycles. The average molecular weight is 232 g/mol. The summed E-state index contributed by atoms with van der Waals surface area (Å²) in [6, 6.07) is 9.01. The highest BCUT2D eigenvalue weighted by Crippen LogP contribution is 2.22. The first-order valence-corrected chi connectivity index (χ1v) is 6.73. The van der Waals surface area contributed by atoms with Crippen LogP contribution in [0.3, 0.4) is 0 Å². The molecule has 2 heteroatoms. The van der Waals surface area contributed by atoms with Crippen molar-refractivity contribution in [2.24, 2.45) is 5.92 Å². The summed E-state index contributed by atoms with van der Waals surface area (Å²) in [5.74, 6) is 0.897. The van der Waals surface area contributed by atoms with Crippen LogP contribution in [0.1, 0.15) is 32.3 Å². The van der Waals surface area contributed by atoms with E-state index in [0.717, 1.165) is 30.6 Å².